The highest BCUT2D eigenvalue weighted by Crippen LogP contribution is 2.29. The Labute approximate surface area is 127 Å². The summed E-state index contributed by atoms with van der Waals surface area (Å²) in [6, 6.07) is 0.803. The molecule has 21 heavy (non-hydrogen) atoms. The summed E-state index contributed by atoms with van der Waals surface area (Å²) in [6.07, 6.45) is 3.16. The zero-order valence-electron chi connectivity index (χ0n) is 13.0. The van der Waals surface area contributed by atoms with Crippen molar-refractivity contribution in [1.82, 2.24) is 13.5 Å². The predicted molar refractivity (Wildman–Crippen MR) is 78.9 cm³/mol. The van der Waals surface area contributed by atoms with E-state index in [9.17, 15) is 13.2 Å². The molecule has 0 radical (unpaired) electrons. The van der Waals surface area contributed by atoms with Crippen LogP contribution in [0.5, 0.6) is 0 Å². The molecule has 8 heteroatoms. The van der Waals surface area contributed by atoms with Crippen LogP contribution in [-0.2, 0) is 19.7 Å². The fraction of sp³-hybridized carbons (Fsp3) is 0.923. The first-order valence-electron chi connectivity index (χ1n) is 7.36. The van der Waals surface area contributed by atoms with Crippen LogP contribution >= 0.6 is 0 Å². The van der Waals surface area contributed by atoms with Crippen molar-refractivity contribution < 1.29 is 17.9 Å². The molecule has 0 aromatic heterocycles. The van der Waals surface area contributed by atoms with Crippen LogP contribution in [0.4, 0.5) is 0 Å². The fourth-order valence-electron chi connectivity index (χ4n) is 3.15. The lowest BCUT2D eigenvalue weighted by molar-refractivity contribution is -0.140. The SMILES string of the molecule is COC(=O)CCN(C)S(=O)(=O)N1CCC2CCC(C1)N2C. The lowest BCUT2D eigenvalue weighted by atomic mass is 10.1. The third kappa shape index (κ3) is 3.56. The van der Waals surface area contributed by atoms with Crippen molar-refractivity contribution in [2.24, 2.45) is 0 Å². The largest absolute Gasteiger partial charge is 0.469 e. The van der Waals surface area contributed by atoms with E-state index in [1.54, 1.807) is 4.31 Å². The lowest BCUT2D eigenvalue weighted by Crippen LogP contribution is -2.46. The first kappa shape index (κ1) is 16.7. The van der Waals surface area contributed by atoms with Crippen molar-refractivity contribution in [1.29, 1.82) is 0 Å². The van der Waals surface area contributed by atoms with Gasteiger partial charge in [-0.1, -0.05) is 0 Å². The summed E-state index contributed by atoms with van der Waals surface area (Å²) in [5, 5.41) is 0. The molecule has 2 fully saturated rings. The summed E-state index contributed by atoms with van der Waals surface area (Å²) in [5.74, 6) is -0.397. The highest BCUT2D eigenvalue weighted by atomic mass is 32.2. The number of carbonyl (C=O) groups excluding carboxylic acids is 1. The number of hydrogen-bond acceptors (Lipinski definition) is 5. The van der Waals surface area contributed by atoms with Gasteiger partial charge in [-0.3, -0.25) is 9.69 Å². The van der Waals surface area contributed by atoms with E-state index in [-0.39, 0.29) is 13.0 Å². The van der Waals surface area contributed by atoms with Crippen LogP contribution in [0.2, 0.25) is 0 Å². The fourth-order valence-corrected chi connectivity index (χ4v) is 4.56. The molecule has 2 unspecified atom stereocenters. The van der Waals surface area contributed by atoms with E-state index in [2.05, 4.69) is 16.7 Å². The number of fused-ring (bicyclic) bond motifs is 2. The number of esters is 1. The van der Waals surface area contributed by atoms with Crippen LogP contribution in [0.15, 0.2) is 0 Å². The number of rotatable bonds is 5. The maximum absolute atomic E-state index is 12.6. The van der Waals surface area contributed by atoms with Gasteiger partial charge in [0.25, 0.3) is 10.2 Å². The predicted octanol–water partition coefficient (Wildman–Crippen LogP) is -0.105. The summed E-state index contributed by atoms with van der Waals surface area (Å²) in [7, 11) is 1.40. The Balaban J connectivity index is 2.00. The molecule has 0 saturated carbocycles. The van der Waals surface area contributed by atoms with Gasteiger partial charge in [-0.2, -0.15) is 17.0 Å². The Hall–Kier alpha value is -0.700. The lowest BCUT2D eigenvalue weighted by Gasteiger charge is -2.29. The van der Waals surface area contributed by atoms with Crippen molar-refractivity contribution >= 4 is 16.2 Å². The van der Waals surface area contributed by atoms with E-state index < -0.39 is 16.2 Å². The van der Waals surface area contributed by atoms with Crippen molar-refractivity contribution in [3.63, 3.8) is 0 Å². The molecule has 0 spiro atoms. The number of likely N-dealkylation sites (N-methyl/N-ethyl adjacent to an activating group) is 1. The zero-order valence-corrected chi connectivity index (χ0v) is 13.8. The molecule has 2 aliphatic heterocycles. The molecule has 2 heterocycles. The van der Waals surface area contributed by atoms with E-state index in [0.717, 1.165) is 19.3 Å². The van der Waals surface area contributed by atoms with Gasteiger partial charge in [0, 0.05) is 38.8 Å². The molecule has 0 N–H and O–H groups in total. The van der Waals surface area contributed by atoms with Gasteiger partial charge < -0.3 is 4.74 Å². The average Bonchev–Trinajstić information content (AvgIpc) is 2.68. The van der Waals surface area contributed by atoms with Gasteiger partial charge >= 0.3 is 5.97 Å². The van der Waals surface area contributed by atoms with Crippen LogP contribution in [0, 0.1) is 0 Å². The number of hydrogen-bond donors (Lipinski definition) is 0. The highest BCUT2D eigenvalue weighted by molar-refractivity contribution is 7.86. The van der Waals surface area contributed by atoms with Crippen LogP contribution in [0.1, 0.15) is 25.7 Å². The quantitative estimate of drug-likeness (QED) is 0.662. The molecule has 0 amide bonds. The van der Waals surface area contributed by atoms with Crippen molar-refractivity contribution in [3.8, 4) is 0 Å². The first-order chi connectivity index (χ1) is 9.86. The van der Waals surface area contributed by atoms with Crippen LogP contribution in [-0.4, -0.2) is 80.8 Å². The van der Waals surface area contributed by atoms with Crippen molar-refractivity contribution in [2.45, 2.75) is 37.8 Å². The molecule has 0 aromatic rings. The minimum absolute atomic E-state index is 0.0754. The summed E-state index contributed by atoms with van der Waals surface area (Å²) in [5.41, 5.74) is 0. The molecule has 2 aliphatic rings. The molecule has 7 nitrogen and oxygen atoms in total. The van der Waals surface area contributed by atoms with E-state index in [1.807, 2.05) is 0 Å². The Bertz CT molecular complexity index is 482. The van der Waals surface area contributed by atoms with E-state index in [0.29, 0.717) is 25.2 Å². The number of methoxy groups -OCH3 is 1. The van der Waals surface area contributed by atoms with E-state index in [1.165, 1.54) is 18.5 Å². The second-order valence-corrected chi connectivity index (χ2v) is 7.89. The monoisotopic (exact) mass is 319 g/mol. The molecule has 2 bridgehead atoms. The minimum Gasteiger partial charge on any atom is -0.469 e. The van der Waals surface area contributed by atoms with Crippen molar-refractivity contribution in [2.75, 3.05) is 40.8 Å². The molecule has 2 rings (SSSR count). The second kappa shape index (κ2) is 6.60. The van der Waals surface area contributed by atoms with Crippen LogP contribution in [0.3, 0.4) is 0 Å². The molecule has 0 aliphatic carbocycles. The van der Waals surface area contributed by atoms with Gasteiger partial charge in [0.05, 0.1) is 13.5 Å². The van der Waals surface area contributed by atoms with Crippen molar-refractivity contribution in [3.05, 3.63) is 0 Å². The number of carbonyl (C=O) groups is 1. The first-order valence-corrected chi connectivity index (χ1v) is 8.76. The third-order valence-corrected chi connectivity index (χ3v) is 6.64. The maximum Gasteiger partial charge on any atom is 0.306 e. The zero-order chi connectivity index (χ0) is 15.6. The minimum atomic E-state index is -3.50. The molecule has 2 atom stereocenters. The normalized spacial score (nSPS) is 27.8. The standard InChI is InChI=1S/C13H25N3O4S/c1-14(8-7-13(17)20-3)21(18,19)16-9-6-11-4-5-12(10-16)15(11)2/h11-12H,4-10H2,1-3H3. The van der Waals surface area contributed by atoms with Gasteiger partial charge in [0.15, 0.2) is 0 Å². The summed E-state index contributed by atoms with van der Waals surface area (Å²) in [6.45, 7) is 1.24. The maximum atomic E-state index is 12.6. The Morgan fingerprint density at radius 2 is 1.95 bits per heavy atom. The Morgan fingerprint density at radius 3 is 2.62 bits per heavy atom. The highest BCUT2D eigenvalue weighted by Gasteiger charge is 2.39. The van der Waals surface area contributed by atoms with Gasteiger partial charge in [0.2, 0.25) is 0 Å². The molecule has 0 aromatic carbocycles. The van der Waals surface area contributed by atoms with Crippen LogP contribution < -0.4 is 0 Å². The van der Waals surface area contributed by atoms with Gasteiger partial charge in [0.1, 0.15) is 0 Å². The molecule has 122 valence electrons. The second-order valence-electron chi connectivity index (χ2n) is 5.85. The number of ether oxygens (including phenoxy) is 1. The Kier molecular flexibility index (Phi) is 5.24. The smallest absolute Gasteiger partial charge is 0.306 e. The third-order valence-electron chi connectivity index (χ3n) is 4.69. The van der Waals surface area contributed by atoms with E-state index in [4.69, 9.17) is 0 Å². The molecule has 2 saturated heterocycles. The molecular weight excluding hydrogens is 294 g/mol. The summed E-state index contributed by atoms with van der Waals surface area (Å²) < 4.78 is 32.6. The molecular formula is C13H25N3O4S. The average molecular weight is 319 g/mol. The van der Waals surface area contributed by atoms with Gasteiger partial charge in [-0.05, 0) is 26.3 Å². The number of nitrogens with zero attached hydrogens (tertiary/aromatic N) is 3. The van der Waals surface area contributed by atoms with Crippen LogP contribution in [0.25, 0.3) is 0 Å². The van der Waals surface area contributed by atoms with E-state index >= 15 is 0 Å². The summed E-state index contributed by atoms with van der Waals surface area (Å²) in [4.78, 5) is 13.5. The van der Waals surface area contributed by atoms with Gasteiger partial charge in [-0.25, -0.2) is 0 Å². The topological polar surface area (TPSA) is 70.2 Å². The Morgan fingerprint density at radius 1 is 1.29 bits per heavy atom. The summed E-state index contributed by atoms with van der Waals surface area (Å²) >= 11 is 0. The van der Waals surface area contributed by atoms with Gasteiger partial charge in [-0.15, -0.1) is 0 Å².